The highest BCUT2D eigenvalue weighted by Crippen LogP contribution is 2.14. The molecule has 2 N–H and O–H groups in total. The molecule has 0 aliphatic heterocycles. The molecule has 0 aromatic heterocycles. The molecule has 122 valence electrons. The minimum atomic E-state index is -0.505. The van der Waals surface area contributed by atoms with Gasteiger partial charge in [0.05, 0.1) is 0 Å². The number of nitriles is 1. The largest absolute Gasteiger partial charge is 0.389 e. The average Bonchev–Trinajstić information content (AvgIpc) is 2.58. The number of rotatable bonds is 6. The van der Waals surface area contributed by atoms with Crippen molar-refractivity contribution in [3.8, 4) is 6.07 Å². The van der Waals surface area contributed by atoms with E-state index in [2.05, 4.69) is 10.6 Å². The number of halogens is 2. The van der Waals surface area contributed by atoms with E-state index in [4.69, 9.17) is 16.9 Å². The van der Waals surface area contributed by atoms with Crippen LogP contribution in [0.15, 0.2) is 60.3 Å². The van der Waals surface area contributed by atoms with Gasteiger partial charge in [0.15, 0.2) is 0 Å². The van der Waals surface area contributed by atoms with E-state index >= 15 is 0 Å². The van der Waals surface area contributed by atoms with E-state index in [1.54, 1.807) is 36.4 Å². The van der Waals surface area contributed by atoms with Gasteiger partial charge in [-0.3, -0.25) is 4.79 Å². The Bertz CT molecular complexity index is 764. The van der Waals surface area contributed by atoms with Crippen molar-refractivity contribution in [2.75, 3.05) is 11.9 Å². The van der Waals surface area contributed by atoms with Crippen LogP contribution in [0.25, 0.3) is 0 Å². The van der Waals surface area contributed by atoms with Crippen molar-refractivity contribution in [1.82, 2.24) is 5.32 Å². The first kappa shape index (κ1) is 17.5. The van der Waals surface area contributed by atoms with Gasteiger partial charge in [-0.2, -0.15) is 5.26 Å². The summed E-state index contributed by atoms with van der Waals surface area (Å²) in [5, 5.41) is 15.2. The minimum absolute atomic E-state index is 0.0379. The molecule has 0 radical (unpaired) electrons. The van der Waals surface area contributed by atoms with Crippen molar-refractivity contribution < 1.29 is 9.18 Å². The molecule has 0 fully saturated rings. The van der Waals surface area contributed by atoms with Gasteiger partial charge < -0.3 is 10.6 Å². The van der Waals surface area contributed by atoms with Gasteiger partial charge in [0.2, 0.25) is 0 Å². The van der Waals surface area contributed by atoms with E-state index in [0.717, 1.165) is 5.56 Å². The van der Waals surface area contributed by atoms with E-state index < -0.39 is 5.91 Å². The van der Waals surface area contributed by atoms with Crippen LogP contribution in [0.3, 0.4) is 0 Å². The number of nitrogens with zero attached hydrogens (tertiary/aromatic N) is 1. The maximum Gasteiger partial charge on any atom is 0.267 e. The number of benzene rings is 2. The first-order chi connectivity index (χ1) is 11.6. The first-order valence-electron chi connectivity index (χ1n) is 7.23. The maximum atomic E-state index is 12.8. The Morgan fingerprint density at radius 2 is 1.83 bits per heavy atom. The fourth-order valence-electron chi connectivity index (χ4n) is 1.92. The Balaban J connectivity index is 1.86. The molecule has 0 saturated heterocycles. The molecule has 0 saturated carbocycles. The number of carbonyl (C=O) groups excluding carboxylic acids is 1. The highest BCUT2D eigenvalue weighted by Gasteiger charge is 2.08. The third kappa shape index (κ3) is 5.41. The van der Waals surface area contributed by atoms with Gasteiger partial charge in [0.25, 0.3) is 5.91 Å². The fraction of sp³-hybridized carbons (Fsp3) is 0.111. The van der Waals surface area contributed by atoms with Crippen molar-refractivity contribution in [2.24, 2.45) is 0 Å². The molecule has 0 aliphatic carbocycles. The maximum absolute atomic E-state index is 12.8. The molecule has 2 rings (SSSR count). The summed E-state index contributed by atoms with van der Waals surface area (Å²) in [4.78, 5) is 12.0. The molecule has 0 heterocycles. The second kappa shape index (κ2) is 8.70. The van der Waals surface area contributed by atoms with Crippen LogP contribution in [-0.4, -0.2) is 12.5 Å². The van der Waals surface area contributed by atoms with Crippen LogP contribution in [0.4, 0.5) is 10.1 Å². The number of anilines is 1. The number of nitrogens with one attached hydrogen (secondary N) is 2. The highest BCUT2D eigenvalue weighted by molar-refractivity contribution is 6.30. The Labute approximate surface area is 144 Å². The van der Waals surface area contributed by atoms with Crippen molar-refractivity contribution in [2.45, 2.75) is 6.42 Å². The van der Waals surface area contributed by atoms with Crippen LogP contribution in [-0.2, 0) is 11.2 Å². The summed E-state index contributed by atoms with van der Waals surface area (Å²) in [6.45, 7) is 0.519. The topological polar surface area (TPSA) is 64.9 Å². The molecule has 0 spiro atoms. The molecule has 24 heavy (non-hydrogen) atoms. The number of amides is 1. The van der Waals surface area contributed by atoms with E-state index in [1.165, 1.54) is 18.3 Å². The lowest BCUT2D eigenvalue weighted by Crippen LogP contribution is -2.18. The molecule has 6 heteroatoms. The molecular formula is C18H15ClFN3O. The van der Waals surface area contributed by atoms with Crippen molar-refractivity contribution in [1.29, 1.82) is 5.26 Å². The Morgan fingerprint density at radius 3 is 2.46 bits per heavy atom. The van der Waals surface area contributed by atoms with Crippen LogP contribution < -0.4 is 10.6 Å². The Morgan fingerprint density at radius 1 is 1.17 bits per heavy atom. The van der Waals surface area contributed by atoms with Crippen LogP contribution in [0.2, 0.25) is 5.02 Å². The Kier molecular flexibility index (Phi) is 6.35. The molecule has 0 aliphatic rings. The molecule has 0 bridgehead atoms. The van der Waals surface area contributed by atoms with Gasteiger partial charge in [-0.15, -0.1) is 0 Å². The smallest absolute Gasteiger partial charge is 0.267 e. The molecule has 4 nitrogen and oxygen atoms in total. The summed E-state index contributed by atoms with van der Waals surface area (Å²) in [6, 6.07) is 14.6. The number of hydrogen-bond acceptors (Lipinski definition) is 3. The van der Waals surface area contributed by atoms with E-state index in [9.17, 15) is 9.18 Å². The van der Waals surface area contributed by atoms with Crippen LogP contribution in [0.1, 0.15) is 5.56 Å². The average molecular weight is 344 g/mol. The van der Waals surface area contributed by atoms with E-state index in [-0.39, 0.29) is 11.4 Å². The second-order valence-corrected chi connectivity index (χ2v) is 5.40. The van der Waals surface area contributed by atoms with Crippen LogP contribution >= 0.6 is 11.6 Å². The van der Waals surface area contributed by atoms with Gasteiger partial charge in [-0.05, 0) is 48.4 Å². The Hall–Kier alpha value is -2.84. The van der Waals surface area contributed by atoms with Crippen molar-refractivity contribution >= 4 is 23.2 Å². The summed E-state index contributed by atoms with van der Waals surface area (Å²) >= 11 is 5.77. The third-order valence-corrected chi connectivity index (χ3v) is 3.44. The molecular weight excluding hydrogens is 329 g/mol. The summed E-state index contributed by atoms with van der Waals surface area (Å²) in [5.74, 6) is -0.786. The lowest BCUT2D eigenvalue weighted by Gasteiger charge is -2.05. The standard InChI is InChI=1S/C18H15ClFN3O/c19-15-3-7-17(8-4-15)23-18(24)14(11-21)12-22-10-9-13-1-5-16(20)6-2-13/h1-8,12,22H,9-10H2,(H,23,24)/b14-12-. The zero-order valence-corrected chi connectivity index (χ0v) is 13.5. The monoisotopic (exact) mass is 343 g/mol. The van der Waals surface area contributed by atoms with E-state index in [1.807, 2.05) is 6.07 Å². The predicted molar refractivity (Wildman–Crippen MR) is 91.9 cm³/mol. The molecule has 0 unspecified atom stereocenters. The summed E-state index contributed by atoms with van der Waals surface area (Å²) in [6.07, 6.45) is 2.02. The fourth-order valence-corrected chi connectivity index (χ4v) is 2.05. The van der Waals surface area contributed by atoms with Crippen molar-refractivity contribution in [3.05, 3.63) is 76.7 Å². The minimum Gasteiger partial charge on any atom is -0.389 e. The number of hydrogen-bond donors (Lipinski definition) is 2. The first-order valence-corrected chi connectivity index (χ1v) is 7.61. The summed E-state index contributed by atoms with van der Waals surface area (Å²) in [7, 11) is 0. The van der Waals surface area contributed by atoms with E-state index in [0.29, 0.717) is 23.7 Å². The third-order valence-electron chi connectivity index (χ3n) is 3.18. The molecule has 1 amide bonds. The van der Waals surface area contributed by atoms with Gasteiger partial charge in [-0.1, -0.05) is 23.7 Å². The molecule has 2 aromatic rings. The molecule has 2 aromatic carbocycles. The lowest BCUT2D eigenvalue weighted by molar-refractivity contribution is -0.112. The van der Waals surface area contributed by atoms with Gasteiger partial charge >= 0.3 is 0 Å². The zero-order chi connectivity index (χ0) is 17.4. The van der Waals surface area contributed by atoms with Gasteiger partial charge in [0.1, 0.15) is 17.5 Å². The van der Waals surface area contributed by atoms with Crippen LogP contribution in [0, 0.1) is 17.1 Å². The quantitative estimate of drug-likeness (QED) is 0.478. The van der Waals surface area contributed by atoms with Crippen molar-refractivity contribution in [3.63, 3.8) is 0 Å². The van der Waals surface area contributed by atoms with Gasteiger partial charge in [0, 0.05) is 23.5 Å². The number of carbonyl (C=O) groups is 1. The summed E-state index contributed by atoms with van der Waals surface area (Å²) < 4.78 is 12.8. The molecule has 0 atom stereocenters. The second-order valence-electron chi connectivity index (χ2n) is 4.96. The SMILES string of the molecule is N#C/C(=C/NCCc1ccc(F)cc1)C(=O)Nc1ccc(Cl)cc1. The normalized spacial score (nSPS) is 10.8. The lowest BCUT2D eigenvalue weighted by atomic mass is 10.1. The summed E-state index contributed by atoms with van der Waals surface area (Å²) in [5.41, 5.74) is 1.47. The predicted octanol–water partition coefficient (Wildman–Crippen LogP) is 3.66. The van der Waals surface area contributed by atoms with Crippen LogP contribution in [0.5, 0.6) is 0 Å². The highest BCUT2D eigenvalue weighted by atomic mass is 35.5. The van der Waals surface area contributed by atoms with Gasteiger partial charge in [-0.25, -0.2) is 4.39 Å². The zero-order valence-electron chi connectivity index (χ0n) is 12.7.